The number of methoxy groups -OCH3 is 1. The first-order chi connectivity index (χ1) is 9.54. The third-order valence-electron chi connectivity index (χ3n) is 3.42. The summed E-state index contributed by atoms with van der Waals surface area (Å²) in [6.07, 6.45) is 6.78. The highest BCUT2D eigenvalue weighted by atomic mass is 35.5. The van der Waals surface area contributed by atoms with Crippen LogP contribution in [0.3, 0.4) is 0 Å². The predicted octanol–water partition coefficient (Wildman–Crippen LogP) is 4.74. The van der Waals surface area contributed by atoms with Crippen LogP contribution in [0.5, 0.6) is 5.75 Å². The van der Waals surface area contributed by atoms with E-state index in [-0.39, 0.29) is 16.3 Å². The Morgan fingerprint density at radius 2 is 2.05 bits per heavy atom. The van der Waals surface area contributed by atoms with Gasteiger partial charge in [0, 0.05) is 5.56 Å². The summed E-state index contributed by atoms with van der Waals surface area (Å²) in [7, 11) is 1.23. The average molecular weight is 300 g/mol. The molecule has 1 saturated carbocycles. The summed E-state index contributed by atoms with van der Waals surface area (Å²) in [5, 5.41) is 11.0. The molecule has 4 nitrogen and oxygen atoms in total. The van der Waals surface area contributed by atoms with Crippen molar-refractivity contribution in [1.82, 2.24) is 0 Å². The largest absolute Gasteiger partial charge is 0.489 e. The molecule has 1 aliphatic rings. The number of benzene rings is 1. The topological polar surface area (TPSA) is 52.4 Å². The van der Waals surface area contributed by atoms with E-state index in [1.807, 2.05) is 0 Å². The second kappa shape index (κ2) is 6.22. The van der Waals surface area contributed by atoms with Crippen LogP contribution < -0.4 is 4.74 Å². The molecule has 0 atom stereocenters. The van der Waals surface area contributed by atoms with E-state index in [0.717, 1.165) is 31.3 Å². The number of allylic oxidation sites excluding steroid dienone is 1. The molecule has 0 heterocycles. The molecule has 1 fully saturated rings. The summed E-state index contributed by atoms with van der Waals surface area (Å²) in [6.45, 7) is 0. The van der Waals surface area contributed by atoms with Crippen molar-refractivity contribution < 1.29 is 14.1 Å². The standard InChI is InChI=1S/C14H15ClFNO3/c1-20-14-11(15)8-10(12(16)13(14)17(18)19)7-9-5-3-2-4-6-9/h7-8H,2-6H2,1H3. The fraction of sp³-hybridized carbons (Fsp3) is 0.429. The SMILES string of the molecule is COc1c(Cl)cc(C=C2CCCCC2)c(F)c1[N+](=O)[O-]. The minimum Gasteiger partial charge on any atom is -0.489 e. The van der Waals surface area contributed by atoms with E-state index in [1.165, 1.54) is 19.6 Å². The van der Waals surface area contributed by atoms with Gasteiger partial charge in [0.1, 0.15) is 0 Å². The van der Waals surface area contributed by atoms with Crippen molar-refractivity contribution in [3.05, 3.63) is 38.2 Å². The van der Waals surface area contributed by atoms with Gasteiger partial charge in [-0.1, -0.05) is 29.7 Å². The number of nitro groups is 1. The Labute approximate surface area is 121 Å². The molecule has 1 aliphatic carbocycles. The molecule has 1 aromatic rings. The van der Waals surface area contributed by atoms with Crippen LogP contribution in [0.25, 0.3) is 6.08 Å². The maximum absolute atomic E-state index is 14.3. The molecular formula is C14H15ClFNO3. The summed E-state index contributed by atoms with van der Waals surface area (Å²) >= 11 is 5.94. The quantitative estimate of drug-likeness (QED) is 0.598. The summed E-state index contributed by atoms with van der Waals surface area (Å²) in [5.41, 5.74) is 0.549. The fourth-order valence-electron chi connectivity index (χ4n) is 2.45. The molecule has 20 heavy (non-hydrogen) atoms. The Bertz CT molecular complexity index is 564. The molecule has 1 aromatic carbocycles. The molecule has 108 valence electrons. The van der Waals surface area contributed by atoms with Gasteiger partial charge in [0.15, 0.2) is 0 Å². The molecule has 0 unspecified atom stereocenters. The molecule has 2 rings (SSSR count). The van der Waals surface area contributed by atoms with E-state index in [2.05, 4.69) is 0 Å². The van der Waals surface area contributed by atoms with E-state index in [1.54, 1.807) is 6.08 Å². The van der Waals surface area contributed by atoms with Gasteiger partial charge in [-0.15, -0.1) is 0 Å². The van der Waals surface area contributed by atoms with Gasteiger partial charge in [0.05, 0.1) is 17.1 Å². The molecule has 0 spiro atoms. The second-order valence-corrected chi connectivity index (χ2v) is 5.17. The summed E-state index contributed by atoms with van der Waals surface area (Å²) < 4.78 is 19.1. The van der Waals surface area contributed by atoms with E-state index < -0.39 is 16.4 Å². The fourth-order valence-corrected chi connectivity index (χ4v) is 2.73. The maximum atomic E-state index is 14.3. The molecule has 0 N–H and O–H groups in total. The number of hydrogen-bond acceptors (Lipinski definition) is 3. The first-order valence-corrected chi connectivity index (χ1v) is 6.82. The zero-order valence-electron chi connectivity index (χ0n) is 11.1. The summed E-state index contributed by atoms with van der Waals surface area (Å²) in [6, 6.07) is 1.38. The Hall–Kier alpha value is -1.62. The number of rotatable bonds is 3. The highest BCUT2D eigenvalue weighted by Gasteiger charge is 2.27. The number of hydrogen-bond donors (Lipinski definition) is 0. The smallest absolute Gasteiger partial charge is 0.348 e. The Morgan fingerprint density at radius 3 is 2.60 bits per heavy atom. The molecule has 0 aliphatic heterocycles. The first-order valence-electron chi connectivity index (χ1n) is 6.44. The number of nitrogens with zero attached hydrogens (tertiary/aromatic N) is 1. The minimum absolute atomic E-state index is 0.0447. The summed E-state index contributed by atoms with van der Waals surface area (Å²) in [5.74, 6) is -1.13. The lowest BCUT2D eigenvalue weighted by atomic mass is 9.93. The van der Waals surface area contributed by atoms with Crippen LogP contribution in [-0.4, -0.2) is 12.0 Å². The first kappa shape index (κ1) is 14.8. The van der Waals surface area contributed by atoms with E-state index >= 15 is 0 Å². The van der Waals surface area contributed by atoms with E-state index in [0.29, 0.717) is 0 Å². The van der Waals surface area contributed by atoms with Crippen LogP contribution in [0, 0.1) is 15.9 Å². The Morgan fingerprint density at radius 1 is 1.40 bits per heavy atom. The molecule has 0 aromatic heterocycles. The van der Waals surface area contributed by atoms with Gasteiger partial charge in [-0.05, 0) is 31.7 Å². The second-order valence-electron chi connectivity index (χ2n) is 4.76. The molecular weight excluding hydrogens is 285 g/mol. The van der Waals surface area contributed by atoms with Gasteiger partial charge in [0.25, 0.3) is 0 Å². The van der Waals surface area contributed by atoms with Crippen molar-refractivity contribution >= 4 is 23.4 Å². The Kier molecular flexibility index (Phi) is 4.60. The molecule has 0 bridgehead atoms. The van der Waals surface area contributed by atoms with Crippen molar-refractivity contribution in [2.45, 2.75) is 32.1 Å². The van der Waals surface area contributed by atoms with Crippen LogP contribution in [-0.2, 0) is 0 Å². The van der Waals surface area contributed by atoms with Crippen LogP contribution in [0.2, 0.25) is 5.02 Å². The predicted molar refractivity (Wildman–Crippen MR) is 75.7 cm³/mol. The Balaban J connectivity index is 2.51. The monoisotopic (exact) mass is 299 g/mol. The van der Waals surface area contributed by atoms with Crippen LogP contribution in [0.1, 0.15) is 37.7 Å². The van der Waals surface area contributed by atoms with Crippen LogP contribution >= 0.6 is 11.6 Å². The zero-order valence-corrected chi connectivity index (χ0v) is 11.9. The zero-order chi connectivity index (χ0) is 14.7. The third kappa shape index (κ3) is 2.93. The lowest BCUT2D eigenvalue weighted by Gasteiger charge is -2.14. The number of ether oxygens (including phenoxy) is 1. The highest BCUT2D eigenvalue weighted by Crippen LogP contribution is 2.40. The van der Waals surface area contributed by atoms with Gasteiger partial charge < -0.3 is 4.74 Å². The minimum atomic E-state index is -0.894. The lowest BCUT2D eigenvalue weighted by molar-refractivity contribution is -0.388. The van der Waals surface area contributed by atoms with Crippen molar-refractivity contribution in [2.75, 3.05) is 7.11 Å². The third-order valence-corrected chi connectivity index (χ3v) is 3.70. The molecule has 0 amide bonds. The van der Waals surface area contributed by atoms with Gasteiger partial charge in [-0.25, -0.2) is 0 Å². The van der Waals surface area contributed by atoms with Crippen molar-refractivity contribution in [3.63, 3.8) is 0 Å². The molecule has 6 heteroatoms. The van der Waals surface area contributed by atoms with Crippen molar-refractivity contribution in [2.24, 2.45) is 0 Å². The average Bonchev–Trinajstić information content (AvgIpc) is 2.42. The van der Waals surface area contributed by atoms with E-state index in [4.69, 9.17) is 16.3 Å². The highest BCUT2D eigenvalue weighted by molar-refractivity contribution is 6.32. The van der Waals surface area contributed by atoms with Gasteiger partial charge in [-0.3, -0.25) is 10.1 Å². The molecule has 0 radical (unpaired) electrons. The van der Waals surface area contributed by atoms with Crippen LogP contribution in [0.4, 0.5) is 10.1 Å². The number of halogens is 2. The molecule has 0 saturated heterocycles. The van der Waals surface area contributed by atoms with Gasteiger partial charge in [0.2, 0.25) is 11.6 Å². The maximum Gasteiger partial charge on any atom is 0.348 e. The van der Waals surface area contributed by atoms with Crippen molar-refractivity contribution in [1.29, 1.82) is 0 Å². The van der Waals surface area contributed by atoms with Gasteiger partial charge >= 0.3 is 5.69 Å². The summed E-state index contributed by atoms with van der Waals surface area (Å²) in [4.78, 5) is 10.2. The van der Waals surface area contributed by atoms with E-state index in [9.17, 15) is 14.5 Å². The van der Waals surface area contributed by atoms with Crippen LogP contribution in [0.15, 0.2) is 11.6 Å². The van der Waals surface area contributed by atoms with Gasteiger partial charge in [-0.2, -0.15) is 4.39 Å². The van der Waals surface area contributed by atoms with Crippen molar-refractivity contribution in [3.8, 4) is 5.75 Å². The number of nitro benzene ring substituents is 1. The lowest BCUT2D eigenvalue weighted by Crippen LogP contribution is -2.01. The normalized spacial score (nSPS) is 15.1.